The summed E-state index contributed by atoms with van der Waals surface area (Å²) in [6.45, 7) is 2.07. The molecule has 0 fully saturated rings. The average Bonchev–Trinajstić information content (AvgIpc) is 3.01. The molecule has 0 aromatic heterocycles. The van der Waals surface area contributed by atoms with Crippen molar-refractivity contribution in [2.24, 2.45) is 0 Å². The van der Waals surface area contributed by atoms with Crippen molar-refractivity contribution in [3.8, 4) is 11.5 Å². The van der Waals surface area contributed by atoms with Gasteiger partial charge in [0.15, 0.2) is 12.7 Å². The highest BCUT2D eigenvalue weighted by Crippen LogP contribution is 2.33. The van der Waals surface area contributed by atoms with E-state index in [2.05, 4.69) is 10.0 Å². The Bertz CT molecular complexity index is 1640. The zero-order chi connectivity index (χ0) is 29.5. The van der Waals surface area contributed by atoms with Crippen LogP contribution in [0.25, 0.3) is 0 Å². The number of ether oxygens (including phenoxy) is 2. The number of fused-ring (bicyclic) bond motifs is 1. The molecule has 0 radical (unpaired) electrons. The molecule has 4 aromatic carbocycles. The van der Waals surface area contributed by atoms with E-state index in [0.717, 1.165) is 11.1 Å². The predicted octanol–water partition coefficient (Wildman–Crippen LogP) is 4.33. The summed E-state index contributed by atoms with van der Waals surface area (Å²) in [7, 11) is -3.79. The largest absolute Gasteiger partial charge is 0.484 e. The lowest BCUT2D eigenvalue weighted by molar-refractivity contribution is -0.128. The van der Waals surface area contributed by atoms with Crippen molar-refractivity contribution < 1.29 is 27.5 Å². The summed E-state index contributed by atoms with van der Waals surface area (Å²) in [5, 5.41) is 2.90. The van der Waals surface area contributed by atoms with Crippen LogP contribution in [0.3, 0.4) is 0 Å². The van der Waals surface area contributed by atoms with Gasteiger partial charge in [0.05, 0.1) is 17.1 Å². The van der Waals surface area contributed by atoms with Crippen molar-refractivity contribution in [1.29, 1.82) is 0 Å². The number of hydrogen-bond donors (Lipinski definition) is 2. The zero-order valence-corrected chi connectivity index (χ0v) is 23.8. The number of aryl methyl sites for hydroxylation is 1. The highest BCUT2D eigenvalue weighted by molar-refractivity contribution is 7.92. The molecule has 2 N–H and O–H groups in total. The molecule has 1 aliphatic heterocycles. The van der Waals surface area contributed by atoms with Gasteiger partial charge in [-0.05, 0) is 67.4 Å². The SMILES string of the molecule is Cc1ccc(NS(=O)(=O)c2ccc(OCC(=O)N3C[C@H](C(=O)NCCc4ccccc4)Oc4ccccc43)cc2)cc1. The van der Waals surface area contributed by atoms with Crippen molar-refractivity contribution >= 4 is 33.2 Å². The van der Waals surface area contributed by atoms with Crippen LogP contribution in [-0.4, -0.2) is 46.0 Å². The third-order valence-corrected chi connectivity index (χ3v) is 8.12. The van der Waals surface area contributed by atoms with Crippen LogP contribution in [0.4, 0.5) is 11.4 Å². The van der Waals surface area contributed by atoms with Gasteiger partial charge in [0.2, 0.25) is 0 Å². The molecule has 216 valence electrons. The lowest BCUT2D eigenvalue weighted by Gasteiger charge is -2.34. The maximum atomic E-state index is 13.3. The van der Waals surface area contributed by atoms with Crippen LogP contribution in [0.15, 0.2) is 108 Å². The summed E-state index contributed by atoms with van der Waals surface area (Å²) in [6.07, 6.45) is -0.209. The number of nitrogens with zero attached hydrogens (tertiary/aromatic N) is 1. The smallest absolute Gasteiger partial charge is 0.265 e. The molecular formula is C32H31N3O6S. The Morgan fingerprint density at radius 2 is 1.60 bits per heavy atom. The Morgan fingerprint density at radius 3 is 2.33 bits per heavy atom. The Balaban J connectivity index is 1.19. The summed E-state index contributed by atoms with van der Waals surface area (Å²) < 4.78 is 39.7. The Hall–Kier alpha value is -4.83. The van der Waals surface area contributed by atoms with E-state index in [1.807, 2.05) is 49.4 Å². The van der Waals surface area contributed by atoms with Crippen molar-refractivity contribution in [2.45, 2.75) is 24.3 Å². The van der Waals surface area contributed by atoms with Gasteiger partial charge in [-0.15, -0.1) is 0 Å². The average molecular weight is 586 g/mol. The lowest BCUT2D eigenvalue weighted by Crippen LogP contribution is -2.52. The Labute approximate surface area is 245 Å². The summed E-state index contributed by atoms with van der Waals surface area (Å²) in [5.74, 6) is 0.0751. The van der Waals surface area contributed by atoms with Crippen molar-refractivity contribution in [1.82, 2.24) is 5.32 Å². The molecule has 2 amide bonds. The first-order chi connectivity index (χ1) is 20.3. The minimum absolute atomic E-state index is 0.0260. The fourth-order valence-corrected chi connectivity index (χ4v) is 5.53. The Kier molecular flexibility index (Phi) is 8.73. The monoisotopic (exact) mass is 585 g/mol. The highest BCUT2D eigenvalue weighted by Gasteiger charge is 2.33. The van der Waals surface area contributed by atoms with E-state index in [4.69, 9.17) is 9.47 Å². The maximum absolute atomic E-state index is 13.3. The van der Waals surface area contributed by atoms with Gasteiger partial charge in [0.1, 0.15) is 11.5 Å². The molecule has 0 spiro atoms. The fourth-order valence-electron chi connectivity index (χ4n) is 4.47. The van der Waals surface area contributed by atoms with Crippen molar-refractivity contribution in [2.75, 3.05) is 29.3 Å². The van der Waals surface area contributed by atoms with Gasteiger partial charge in [0.25, 0.3) is 21.8 Å². The number of rotatable bonds is 10. The van der Waals surface area contributed by atoms with E-state index < -0.39 is 16.1 Å². The number of carbonyl (C=O) groups excluding carboxylic acids is 2. The van der Waals surface area contributed by atoms with Crippen LogP contribution in [0.2, 0.25) is 0 Å². The molecule has 1 aliphatic rings. The summed E-state index contributed by atoms with van der Waals surface area (Å²) >= 11 is 0. The van der Waals surface area contributed by atoms with Crippen LogP contribution < -0.4 is 24.4 Å². The Morgan fingerprint density at radius 1 is 0.905 bits per heavy atom. The van der Waals surface area contributed by atoms with Crippen LogP contribution in [0.5, 0.6) is 11.5 Å². The van der Waals surface area contributed by atoms with Gasteiger partial charge in [-0.3, -0.25) is 14.3 Å². The molecule has 9 nitrogen and oxygen atoms in total. The first-order valence-corrected chi connectivity index (χ1v) is 15.0. The standard InChI is InChI=1S/C32H31N3O6S/c1-23-11-13-25(14-12-23)34-42(38,39)27-17-15-26(16-18-27)40-22-31(36)35-21-30(41-29-10-6-5-9-28(29)35)32(37)33-20-19-24-7-3-2-4-8-24/h2-18,30,34H,19-22H2,1H3,(H,33,37)/t30-/m1/s1. The molecule has 5 rings (SSSR count). The molecule has 0 aliphatic carbocycles. The molecule has 1 atom stereocenters. The third-order valence-electron chi connectivity index (χ3n) is 6.72. The summed E-state index contributed by atoms with van der Waals surface area (Å²) in [4.78, 5) is 27.7. The van der Waals surface area contributed by atoms with Crippen LogP contribution in [0.1, 0.15) is 11.1 Å². The predicted molar refractivity (Wildman–Crippen MR) is 160 cm³/mol. The van der Waals surface area contributed by atoms with Gasteiger partial charge in [-0.2, -0.15) is 0 Å². The van der Waals surface area contributed by atoms with E-state index in [9.17, 15) is 18.0 Å². The number of hydrogen-bond acceptors (Lipinski definition) is 6. The number of carbonyl (C=O) groups is 2. The summed E-state index contributed by atoms with van der Waals surface area (Å²) in [6, 6.07) is 29.7. The van der Waals surface area contributed by atoms with E-state index >= 15 is 0 Å². The molecule has 10 heteroatoms. The molecule has 0 saturated carbocycles. The number of para-hydroxylation sites is 2. The number of anilines is 2. The highest BCUT2D eigenvalue weighted by atomic mass is 32.2. The molecule has 0 saturated heterocycles. The maximum Gasteiger partial charge on any atom is 0.265 e. The molecule has 4 aromatic rings. The minimum atomic E-state index is -3.79. The number of benzene rings is 4. The first-order valence-electron chi connectivity index (χ1n) is 13.5. The van der Waals surface area contributed by atoms with Crippen LogP contribution >= 0.6 is 0 Å². The van der Waals surface area contributed by atoms with Crippen molar-refractivity contribution in [3.05, 3.63) is 114 Å². The van der Waals surface area contributed by atoms with Gasteiger partial charge >= 0.3 is 0 Å². The number of amides is 2. The first kappa shape index (κ1) is 28.7. The molecule has 1 heterocycles. The second kappa shape index (κ2) is 12.8. The number of sulfonamides is 1. The zero-order valence-electron chi connectivity index (χ0n) is 23.0. The van der Waals surface area contributed by atoms with Crippen molar-refractivity contribution in [3.63, 3.8) is 0 Å². The second-order valence-corrected chi connectivity index (χ2v) is 11.5. The topological polar surface area (TPSA) is 114 Å². The second-order valence-electron chi connectivity index (χ2n) is 9.84. The van der Waals surface area contributed by atoms with E-state index in [-0.39, 0.29) is 29.9 Å². The summed E-state index contributed by atoms with van der Waals surface area (Å²) in [5.41, 5.74) is 3.13. The van der Waals surface area contributed by atoms with Gasteiger partial charge in [-0.1, -0.05) is 60.2 Å². The lowest BCUT2D eigenvalue weighted by atomic mass is 10.1. The van der Waals surface area contributed by atoms with E-state index in [0.29, 0.717) is 35.8 Å². The van der Waals surface area contributed by atoms with Crippen LogP contribution in [0, 0.1) is 6.92 Å². The van der Waals surface area contributed by atoms with Crippen LogP contribution in [-0.2, 0) is 26.0 Å². The third kappa shape index (κ3) is 7.08. The normalized spacial score (nSPS) is 14.3. The van der Waals surface area contributed by atoms with E-state index in [1.54, 1.807) is 36.4 Å². The van der Waals surface area contributed by atoms with E-state index in [1.165, 1.54) is 29.2 Å². The molecule has 42 heavy (non-hydrogen) atoms. The number of nitrogens with one attached hydrogen (secondary N) is 2. The molecule has 0 unspecified atom stereocenters. The minimum Gasteiger partial charge on any atom is -0.484 e. The van der Waals surface area contributed by atoms with Gasteiger partial charge < -0.3 is 19.7 Å². The van der Waals surface area contributed by atoms with Gasteiger partial charge in [0, 0.05) is 12.2 Å². The fraction of sp³-hybridized carbons (Fsp3) is 0.188. The molecule has 0 bridgehead atoms. The van der Waals surface area contributed by atoms with Gasteiger partial charge in [-0.25, -0.2) is 8.42 Å². The quantitative estimate of drug-likeness (QED) is 0.287. The molecular weight excluding hydrogens is 554 g/mol.